The number of hydrogen-bond donors (Lipinski definition) is 0. The van der Waals surface area contributed by atoms with E-state index in [0.29, 0.717) is 0 Å². The van der Waals surface area contributed by atoms with E-state index in [0.717, 1.165) is 26.2 Å². The molecule has 0 aliphatic carbocycles. The Labute approximate surface area is 67.3 Å². The zero-order chi connectivity index (χ0) is 8.27. The third-order valence-electron chi connectivity index (χ3n) is 1.87. The Hall–Kier alpha value is -0.830. The molecule has 0 saturated carbocycles. The van der Waals surface area contributed by atoms with E-state index in [1.54, 1.807) is 4.90 Å². The fraction of sp³-hybridized carbons (Fsp3) is 0.625. The van der Waals surface area contributed by atoms with Gasteiger partial charge in [0.25, 0.3) is 0 Å². The van der Waals surface area contributed by atoms with Crippen LogP contribution in [0, 0.1) is 0 Å². The number of hydrogen-bond acceptors (Lipinski definition) is 2. The Kier molecular flexibility index (Phi) is 2.65. The minimum Gasteiger partial charge on any atom is -0.326 e. The van der Waals surface area contributed by atoms with Gasteiger partial charge in [-0.05, 0) is 19.5 Å². The molecule has 1 aliphatic rings. The highest BCUT2D eigenvalue weighted by molar-refractivity contribution is 5.86. The van der Waals surface area contributed by atoms with Crippen LogP contribution in [-0.4, -0.2) is 42.5 Å². The maximum Gasteiger partial charge on any atom is 0.246 e. The van der Waals surface area contributed by atoms with Crippen LogP contribution in [0.2, 0.25) is 0 Å². The van der Waals surface area contributed by atoms with Crippen molar-refractivity contribution in [1.82, 2.24) is 9.80 Å². The Balaban J connectivity index is 2.45. The fourth-order valence-electron chi connectivity index (χ4n) is 1.27. The third-order valence-corrected chi connectivity index (χ3v) is 1.87. The minimum absolute atomic E-state index is 0.0385. The first-order valence-electron chi connectivity index (χ1n) is 3.84. The molecule has 3 heteroatoms. The zero-order valence-corrected chi connectivity index (χ0v) is 6.92. The van der Waals surface area contributed by atoms with Crippen molar-refractivity contribution in [3.05, 3.63) is 12.7 Å². The van der Waals surface area contributed by atoms with Crippen molar-refractivity contribution in [3.63, 3.8) is 0 Å². The average Bonchev–Trinajstić information content (AvgIpc) is 2.03. The molecule has 0 aromatic rings. The summed E-state index contributed by atoms with van der Waals surface area (Å²) in [7, 11) is 2.02. The van der Waals surface area contributed by atoms with Crippen LogP contribution in [0.4, 0.5) is 0 Å². The van der Waals surface area contributed by atoms with Crippen LogP contribution in [0.25, 0.3) is 0 Å². The maximum absolute atomic E-state index is 11.1. The van der Waals surface area contributed by atoms with E-state index in [-0.39, 0.29) is 5.91 Å². The molecule has 3 nitrogen and oxygen atoms in total. The van der Waals surface area contributed by atoms with E-state index < -0.39 is 0 Å². The van der Waals surface area contributed by atoms with E-state index in [4.69, 9.17) is 0 Å². The predicted octanol–water partition coefficient (Wildman–Crippen LogP) is 0.294. The fourth-order valence-corrected chi connectivity index (χ4v) is 1.27. The summed E-state index contributed by atoms with van der Waals surface area (Å²) in [6.45, 7) is 6.15. The van der Waals surface area contributed by atoms with Gasteiger partial charge in [-0.15, -0.1) is 0 Å². The molecule has 1 fully saturated rings. The van der Waals surface area contributed by atoms with Gasteiger partial charge < -0.3 is 4.90 Å². The first-order chi connectivity index (χ1) is 5.24. The SMILES string of the molecule is C=CC(=O)N1CCCN(C)C1. The van der Waals surface area contributed by atoms with Crippen LogP contribution in [0.15, 0.2) is 12.7 Å². The van der Waals surface area contributed by atoms with Gasteiger partial charge in [0.2, 0.25) is 5.91 Å². The molecule has 62 valence electrons. The lowest BCUT2D eigenvalue weighted by Gasteiger charge is -2.32. The van der Waals surface area contributed by atoms with Crippen molar-refractivity contribution in [2.24, 2.45) is 0 Å². The molecule has 0 radical (unpaired) electrons. The van der Waals surface area contributed by atoms with Crippen molar-refractivity contribution in [2.45, 2.75) is 6.42 Å². The van der Waals surface area contributed by atoms with E-state index in [9.17, 15) is 4.79 Å². The Bertz CT molecular complexity index is 167. The van der Waals surface area contributed by atoms with Crippen LogP contribution in [0.1, 0.15) is 6.42 Å². The second kappa shape index (κ2) is 3.53. The van der Waals surface area contributed by atoms with Crippen LogP contribution in [-0.2, 0) is 4.79 Å². The predicted molar refractivity (Wildman–Crippen MR) is 44.0 cm³/mol. The minimum atomic E-state index is 0.0385. The molecule has 0 aromatic carbocycles. The lowest BCUT2D eigenvalue weighted by Crippen LogP contribution is -2.45. The normalized spacial score (nSPS) is 19.9. The van der Waals surface area contributed by atoms with E-state index >= 15 is 0 Å². The van der Waals surface area contributed by atoms with Crippen molar-refractivity contribution in [3.8, 4) is 0 Å². The lowest BCUT2D eigenvalue weighted by molar-refractivity contribution is -0.129. The second-order valence-corrected chi connectivity index (χ2v) is 2.88. The van der Waals surface area contributed by atoms with E-state index in [2.05, 4.69) is 11.5 Å². The number of nitrogens with zero attached hydrogens (tertiary/aromatic N) is 2. The van der Waals surface area contributed by atoms with Gasteiger partial charge in [-0.2, -0.15) is 0 Å². The quantitative estimate of drug-likeness (QED) is 0.507. The molecular formula is C8H14N2O. The third kappa shape index (κ3) is 2.05. The summed E-state index contributed by atoms with van der Waals surface area (Å²) >= 11 is 0. The summed E-state index contributed by atoms with van der Waals surface area (Å²) in [5.74, 6) is 0.0385. The van der Waals surface area contributed by atoms with Crippen molar-refractivity contribution in [2.75, 3.05) is 26.8 Å². The van der Waals surface area contributed by atoms with Crippen molar-refractivity contribution >= 4 is 5.91 Å². The topological polar surface area (TPSA) is 23.6 Å². The highest BCUT2D eigenvalue weighted by Crippen LogP contribution is 2.03. The number of carbonyl (C=O) groups excluding carboxylic acids is 1. The smallest absolute Gasteiger partial charge is 0.246 e. The molecule has 1 saturated heterocycles. The van der Waals surface area contributed by atoms with Gasteiger partial charge in [0.05, 0.1) is 6.67 Å². The molecule has 0 unspecified atom stereocenters. The van der Waals surface area contributed by atoms with E-state index in [1.807, 2.05) is 7.05 Å². The first kappa shape index (κ1) is 8.27. The number of carbonyl (C=O) groups is 1. The van der Waals surface area contributed by atoms with Crippen molar-refractivity contribution in [1.29, 1.82) is 0 Å². The van der Waals surface area contributed by atoms with Gasteiger partial charge in [-0.25, -0.2) is 0 Å². The summed E-state index contributed by atoms with van der Waals surface area (Å²) in [4.78, 5) is 15.0. The lowest BCUT2D eigenvalue weighted by atomic mass is 10.3. The monoisotopic (exact) mass is 154 g/mol. The molecule has 1 rings (SSSR count). The van der Waals surface area contributed by atoms with E-state index in [1.165, 1.54) is 6.08 Å². The molecule has 11 heavy (non-hydrogen) atoms. The van der Waals surface area contributed by atoms with Crippen LogP contribution < -0.4 is 0 Å². The van der Waals surface area contributed by atoms with Gasteiger partial charge in [0.15, 0.2) is 0 Å². The van der Waals surface area contributed by atoms with Crippen molar-refractivity contribution < 1.29 is 4.79 Å². The first-order valence-corrected chi connectivity index (χ1v) is 3.84. The zero-order valence-electron chi connectivity index (χ0n) is 6.92. The maximum atomic E-state index is 11.1. The highest BCUT2D eigenvalue weighted by atomic mass is 16.2. The highest BCUT2D eigenvalue weighted by Gasteiger charge is 2.16. The summed E-state index contributed by atoms with van der Waals surface area (Å²) in [6, 6.07) is 0. The molecule has 0 bridgehead atoms. The summed E-state index contributed by atoms with van der Waals surface area (Å²) in [5, 5.41) is 0. The molecule has 1 aliphatic heterocycles. The Morgan fingerprint density at radius 1 is 1.55 bits per heavy atom. The van der Waals surface area contributed by atoms with Gasteiger partial charge in [-0.3, -0.25) is 9.69 Å². The van der Waals surface area contributed by atoms with Crippen LogP contribution in [0.3, 0.4) is 0 Å². The number of rotatable bonds is 1. The molecule has 1 heterocycles. The Morgan fingerprint density at radius 2 is 2.27 bits per heavy atom. The average molecular weight is 154 g/mol. The summed E-state index contributed by atoms with van der Waals surface area (Å²) in [5.41, 5.74) is 0. The number of amides is 1. The molecule has 0 spiro atoms. The van der Waals surface area contributed by atoms with Crippen LogP contribution in [0.5, 0.6) is 0 Å². The molecule has 1 amide bonds. The second-order valence-electron chi connectivity index (χ2n) is 2.88. The standard InChI is InChI=1S/C8H14N2O/c1-3-8(11)10-6-4-5-9(2)7-10/h3H,1,4-7H2,2H3. The van der Waals surface area contributed by atoms with Gasteiger partial charge in [-0.1, -0.05) is 6.58 Å². The molecule has 0 N–H and O–H groups in total. The van der Waals surface area contributed by atoms with Gasteiger partial charge in [0, 0.05) is 13.1 Å². The molecule has 0 atom stereocenters. The van der Waals surface area contributed by atoms with Gasteiger partial charge >= 0.3 is 0 Å². The molecule has 0 aromatic heterocycles. The Morgan fingerprint density at radius 3 is 2.82 bits per heavy atom. The summed E-state index contributed by atoms with van der Waals surface area (Å²) < 4.78 is 0. The molecular weight excluding hydrogens is 140 g/mol. The largest absolute Gasteiger partial charge is 0.326 e. The van der Waals surface area contributed by atoms with Crippen LogP contribution >= 0.6 is 0 Å². The van der Waals surface area contributed by atoms with Gasteiger partial charge in [0.1, 0.15) is 0 Å². The summed E-state index contributed by atoms with van der Waals surface area (Å²) in [6.07, 6.45) is 2.44.